The molecule has 1 aliphatic rings. The van der Waals surface area contributed by atoms with Crippen LogP contribution >= 0.6 is 11.3 Å². The molecule has 18 heavy (non-hydrogen) atoms. The predicted octanol–water partition coefficient (Wildman–Crippen LogP) is 3.36. The fourth-order valence-electron chi connectivity index (χ4n) is 2.80. The Morgan fingerprint density at radius 3 is 2.67 bits per heavy atom. The summed E-state index contributed by atoms with van der Waals surface area (Å²) in [5, 5.41) is 4.42. The molecular weight excluding hydrogens is 240 g/mol. The maximum Gasteiger partial charge on any atom is 0.0505 e. The Morgan fingerprint density at radius 1 is 1.28 bits per heavy atom. The van der Waals surface area contributed by atoms with Crippen LogP contribution in [0.5, 0.6) is 0 Å². The second kappa shape index (κ2) is 4.84. The number of nitrogens with two attached hydrogens (primary N) is 1. The number of benzene rings is 1. The number of hydrazine groups is 1. The molecule has 1 saturated carbocycles. The third kappa shape index (κ3) is 2.09. The highest BCUT2D eigenvalue weighted by molar-refractivity contribution is 7.08. The maximum absolute atomic E-state index is 5.77. The second-order valence-electron chi connectivity index (χ2n) is 5.07. The van der Waals surface area contributed by atoms with Crippen LogP contribution in [0.25, 0.3) is 0 Å². The molecule has 3 N–H and O–H groups in total. The summed E-state index contributed by atoms with van der Waals surface area (Å²) in [6.45, 7) is 2.16. The standard InChI is InChI=1S/C15H18N2S/c1-10-8-18-9-14(10)15(17-16)13-7-12(13)11-5-3-2-4-6-11/h2-6,8-9,12-13,15,17H,7,16H2,1H3. The Morgan fingerprint density at radius 2 is 2.06 bits per heavy atom. The Hall–Kier alpha value is -1.16. The first-order valence-electron chi connectivity index (χ1n) is 6.35. The van der Waals surface area contributed by atoms with E-state index in [1.807, 2.05) is 0 Å². The molecule has 0 saturated heterocycles. The number of hydrogen-bond acceptors (Lipinski definition) is 3. The molecule has 0 aliphatic heterocycles. The van der Waals surface area contributed by atoms with Gasteiger partial charge in [0.25, 0.3) is 0 Å². The number of aryl methyl sites for hydroxylation is 1. The van der Waals surface area contributed by atoms with Gasteiger partial charge in [-0.05, 0) is 52.6 Å². The lowest BCUT2D eigenvalue weighted by atomic mass is 9.99. The molecule has 3 unspecified atom stereocenters. The van der Waals surface area contributed by atoms with Crippen molar-refractivity contribution in [3.63, 3.8) is 0 Å². The fourth-order valence-corrected chi connectivity index (χ4v) is 3.69. The molecule has 1 aliphatic carbocycles. The van der Waals surface area contributed by atoms with Gasteiger partial charge in [0.05, 0.1) is 6.04 Å². The second-order valence-corrected chi connectivity index (χ2v) is 5.81. The van der Waals surface area contributed by atoms with Crippen LogP contribution < -0.4 is 11.3 Å². The molecule has 0 bridgehead atoms. The van der Waals surface area contributed by atoms with Crippen LogP contribution in [0, 0.1) is 12.8 Å². The van der Waals surface area contributed by atoms with E-state index in [2.05, 4.69) is 53.4 Å². The Bertz CT molecular complexity index is 520. The van der Waals surface area contributed by atoms with Crippen molar-refractivity contribution < 1.29 is 0 Å². The van der Waals surface area contributed by atoms with Crippen LogP contribution in [0.15, 0.2) is 41.1 Å². The zero-order valence-corrected chi connectivity index (χ0v) is 11.3. The van der Waals surface area contributed by atoms with E-state index < -0.39 is 0 Å². The highest BCUT2D eigenvalue weighted by atomic mass is 32.1. The minimum atomic E-state index is 0.293. The first kappa shape index (κ1) is 11.9. The largest absolute Gasteiger partial charge is 0.271 e. The van der Waals surface area contributed by atoms with Crippen molar-refractivity contribution in [3.8, 4) is 0 Å². The first-order chi connectivity index (χ1) is 8.81. The van der Waals surface area contributed by atoms with Crippen LogP contribution in [-0.2, 0) is 0 Å². The molecule has 2 nitrogen and oxygen atoms in total. The topological polar surface area (TPSA) is 38.0 Å². The lowest BCUT2D eigenvalue weighted by Gasteiger charge is -2.16. The molecule has 3 atom stereocenters. The van der Waals surface area contributed by atoms with Crippen molar-refractivity contribution in [2.24, 2.45) is 11.8 Å². The summed E-state index contributed by atoms with van der Waals surface area (Å²) in [6, 6.07) is 11.0. The summed E-state index contributed by atoms with van der Waals surface area (Å²) in [5.74, 6) is 7.06. The van der Waals surface area contributed by atoms with E-state index in [4.69, 9.17) is 5.84 Å². The van der Waals surface area contributed by atoms with Gasteiger partial charge in [-0.15, -0.1) is 0 Å². The normalized spacial score (nSPS) is 23.9. The monoisotopic (exact) mass is 258 g/mol. The number of hydrogen-bond donors (Lipinski definition) is 2. The summed E-state index contributed by atoms with van der Waals surface area (Å²) in [4.78, 5) is 0. The maximum atomic E-state index is 5.77. The number of thiophene rings is 1. The van der Waals surface area contributed by atoms with E-state index in [0.717, 1.165) is 0 Å². The van der Waals surface area contributed by atoms with E-state index in [1.165, 1.54) is 23.1 Å². The van der Waals surface area contributed by atoms with Crippen molar-refractivity contribution >= 4 is 11.3 Å². The van der Waals surface area contributed by atoms with Gasteiger partial charge in [0.1, 0.15) is 0 Å². The zero-order valence-electron chi connectivity index (χ0n) is 10.5. The van der Waals surface area contributed by atoms with Crippen molar-refractivity contribution in [2.45, 2.75) is 25.3 Å². The van der Waals surface area contributed by atoms with E-state index >= 15 is 0 Å². The summed E-state index contributed by atoms with van der Waals surface area (Å²) < 4.78 is 0. The summed E-state index contributed by atoms with van der Waals surface area (Å²) in [6.07, 6.45) is 1.23. The van der Waals surface area contributed by atoms with Crippen molar-refractivity contribution in [2.75, 3.05) is 0 Å². The predicted molar refractivity (Wildman–Crippen MR) is 76.4 cm³/mol. The average molecular weight is 258 g/mol. The van der Waals surface area contributed by atoms with E-state index in [-0.39, 0.29) is 0 Å². The van der Waals surface area contributed by atoms with Crippen LogP contribution in [-0.4, -0.2) is 0 Å². The van der Waals surface area contributed by atoms with Gasteiger partial charge < -0.3 is 0 Å². The molecular formula is C15H18N2S. The molecule has 94 valence electrons. The van der Waals surface area contributed by atoms with E-state index in [0.29, 0.717) is 17.9 Å². The molecule has 1 aromatic heterocycles. The summed E-state index contributed by atoms with van der Waals surface area (Å²) in [5.41, 5.74) is 7.17. The van der Waals surface area contributed by atoms with Gasteiger partial charge in [0.15, 0.2) is 0 Å². The molecule has 3 rings (SSSR count). The molecule has 1 aromatic carbocycles. The van der Waals surface area contributed by atoms with Crippen molar-refractivity contribution in [3.05, 3.63) is 57.8 Å². The SMILES string of the molecule is Cc1cscc1C(NN)C1CC1c1ccccc1. The minimum Gasteiger partial charge on any atom is -0.271 e. The molecule has 0 amide bonds. The molecule has 3 heteroatoms. The molecule has 0 radical (unpaired) electrons. The smallest absolute Gasteiger partial charge is 0.0505 e. The van der Waals surface area contributed by atoms with Gasteiger partial charge in [-0.1, -0.05) is 30.3 Å². The van der Waals surface area contributed by atoms with Crippen molar-refractivity contribution in [1.82, 2.24) is 5.43 Å². The van der Waals surface area contributed by atoms with Gasteiger partial charge >= 0.3 is 0 Å². The van der Waals surface area contributed by atoms with Gasteiger partial charge in [0.2, 0.25) is 0 Å². The number of rotatable bonds is 4. The fraction of sp³-hybridized carbons (Fsp3) is 0.333. The molecule has 1 fully saturated rings. The van der Waals surface area contributed by atoms with Crippen LogP contribution in [0.1, 0.15) is 35.1 Å². The Kier molecular flexibility index (Phi) is 3.20. The summed E-state index contributed by atoms with van der Waals surface area (Å²) >= 11 is 1.76. The lowest BCUT2D eigenvalue weighted by molar-refractivity contribution is 0.487. The van der Waals surface area contributed by atoms with E-state index in [9.17, 15) is 0 Å². The van der Waals surface area contributed by atoms with Gasteiger partial charge in [-0.25, -0.2) is 0 Å². The molecule has 1 heterocycles. The van der Waals surface area contributed by atoms with Crippen LogP contribution in [0.3, 0.4) is 0 Å². The summed E-state index contributed by atoms with van der Waals surface area (Å²) in [7, 11) is 0. The number of nitrogens with one attached hydrogen (secondary N) is 1. The third-order valence-corrected chi connectivity index (χ3v) is 4.79. The van der Waals surface area contributed by atoms with Gasteiger partial charge in [-0.2, -0.15) is 11.3 Å². The van der Waals surface area contributed by atoms with Gasteiger partial charge in [0, 0.05) is 0 Å². The highest BCUT2D eigenvalue weighted by Crippen LogP contribution is 2.54. The van der Waals surface area contributed by atoms with Gasteiger partial charge in [-0.3, -0.25) is 11.3 Å². The average Bonchev–Trinajstić information content (AvgIpc) is 3.08. The Balaban J connectivity index is 1.79. The third-order valence-electron chi connectivity index (χ3n) is 3.91. The van der Waals surface area contributed by atoms with Crippen LogP contribution in [0.4, 0.5) is 0 Å². The molecule has 2 aromatic rings. The minimum absolute atomic E-state index is 0.293. The Labute approximate surface area is 112 Å². The zero-order chi connectivity index (χ0) is 12.5. The van der Waals surface area contributed by atoms with Crippen molar-refractivity contribution in [1.29, 1.82) is 0 Å². The van der Waals surface area contributed by atoms with Crippen LogP contribution in [0.2, 0.25) is 0 Å². The molecule has 0 spiro atoms. The lowest BCUT2D eigenvalue weighted by Crippen LogP contribution is -2.30. The van der Waals surface area contributed by atoms with E-state index in [1.54, 1.807) is 11.3 Å². The first-order valence-corrected chi connectivity index (χ1v) is 7.29. The quantitative estimate of drug-likeness (QED) is 0.652. The highest BCUT2D eigenvalue weighted by Gasteiger charge is 2.44.